The van der Waals surface area contributed by atoms with Crippen LogP contribution in [0.25, 0.3) is 0 Å². The van der Waals surface area contributed by atoms with Gasteiger partial charge in [-0.25, -0.2) is 14.8 Å². The molecule has 3 fully saturated rings. The zero-order chi connectivity index (χ0) is 17.2. The van der Waals surface area contributed by atoms with Gasteiger partial charge in [0.1, 0.15) is 5.82 Å². The molecule has 3 heterocycles. The first-order valence-corrected chi connectivity index (χ1v) is 9.74. The summed E-state index contributed by atoms with van der Waals surface area (Å²) in [6, 6.07) is 0.529. The summed E-state index contributed by atoms with van der Waals surface area (Å²) in [7, 11) is 2.19. The highest BCUT2D eigenvalue weighted by atomic mass is 16.2. The van der Waals surface area contributed by atoms with Gasteiger partial charge in [-0.3, -0.25) is 0 Å². The van der Waals surface area contributed by atoms with Crippen LogP contribution in [0, 0.1) is 5.92 Å². The molecular formula is C19H29N5O. The van der Waals surface area contributed by atoms with E-state index in [1.54, 1.807) is 0 Å². The summed E-state index contributed by atoms with van der Waals surface area (Å²) >= 11 is 0. The van der Waals surface area contributed by atoms with Crippen LogP contribution in [0.5, 0.6) is 0 Å². The van der Waals surface area contributed by atoms with Crippen molar-refractivity contribution in [3.8, 4) is 0 Å². The third-order valence-corrected chi connectivity index (χ3v) is 5.89. The molecule has 2 aliphatic heterocycles. The van der Waals surface area contributed by atoms with Crippen molar-refractivity contribution in [1.29, 1.82) is 0 Å². The number of likely N-dealkylation sites (tertiary alicyclic amines) is 2. The molecule has 2 unspecified atom stereocenters. The molecule has 25 heavy (non-hydrogen) atoms. The van der Waals surface area contributed by atoms with Crippen molar-refractivity contribution in [2.45, 2.75) is 50.5 Å². The molecule has 0 bridgehead atoms. The van der Waals surface area contributed by atoms with Gasteiger partial charge in [0.15, 0.2) is 0 Å². The van der Waals surface area contributed by atoms with Gasteiger partial charge in [-0.1, -0.05) is 0 Å². The molecule has 2 atom stereocenters. The molecule has 0 radical (unpaired) electrons. The van der Waals surface area contributed by atoms with Crippen molar-refractivity contribution in [3.05, 3.63) is 23.8 Å². The normalized spacial score (nSPS) is 27.0. The zero-order valence-electron chi connectivity index (χ0n) is 15.2. The van der Waals surface area contributed by atoms with Crippen molar-refractivity contribution in [2.75, 3.05) is 33.2 Å². The van der Waals surface area contributed by atoms with Crippen molar-refractivity contribution < 1.29 is 4.79 Å². The maximum atomic E-state index is 12.6. The maximum Gasteiger partial charge on any atom is 0.317 e. The lowest BCUT2D eigenvalue weighted by Crippen LogP contribution is -2.57. The SMILES string of the molecule is CN1CCC2C(CCCN2C(=O)NCCc2cnc(C3CC3)nc2)C1. The number of rotatable bonds is 4. The monoisotopic (exact) mass is 343 g/mol. The fraction of sp³-hybridized carbons (Fsp3) is 0.737. The number of amides is 2. The van der Waals surface area contributed by atoms with Crippen LogP contribution in [-0.2, 0) is 6.42 Å². The second-order valence-corrected chi connectivity index (χ2v) is 7.92. The van der Waals surface area contributed by atoms with E-state index in [9.17, 15) is 4.79 Å². The van der Waals surface area contributed by atoms with E-state index in [0.29, 0.717) is 24.4 Å². The lowest BCUT2D eigenvalue weighted by atomic mass is 9.84. The Hall–Kier alpha value is -1.69. The van der Waals surface area contributed by atoms with E-state index in [0.717, 1.165) is 50.3 Å². The van der Waals surface area contributed by atoms with Crippen LogP contribution in [0.2, 0.25) is 0 Å². The van der Waals surface area contributed by atoms with E-state index in [-0.39, 0.29) is 6.03 Å². The summed E-state index contributed by atoms with van der Waals surface area (Å²) in [5, 5.41) is 3.11. The number of carbonyl (C=O) groups excluding carboxylic acids is 1. The van der Waals surface area contributed by atoms with Crippen LogP contribution in [-0.4, -0.2) is 65.1 Å². The Bertz CT molecular complexity index is 600. The van der Waals surface area contributed by atoms with Crippen LogP contribution in [0.4, 0.5) is 4.79 Å². The molecule has 6 heteroatoms. The maximum absolute atomic E-state index is 12.6. The number of hydrogen-bond donors (Lipinski definition) is 1. The van der Waals surface area contributed by atoms with Gasteiger partial charge < -0.3 is 15.1 Å². The zero-order valence-corrected chi connectivity index (χ0v) is 15.2. The third kappa shape index (κ3) is 3.94. The molecule has 2 amide bonds. The van der Waals surface area contributed by atoms with E-state index in [2.05, 4.69) is 32.1 Å². The topological polar surface area (TPSA) is 61.4 Å². The van der Waals surface area contributed by atoms with Gasteiger partial charge in [-0.05, 0) is 63.6 Å². The fourth-order valence-electron chi connectivity index (χ4n) is 4.30. The predicted molar refractivity (Wildman–Crippen MR) is 96.4 cm³/mol. The molecule has 1 saturated carbocycles. The molecule has 6 nitrogen and oxygen atoms in total. The Balaban J connectivity index is 1.26. The average Bonchev–Trinajstić information content (AvgIpc) is 3.46. The summed E-state index contributed by atoms with van der Waals surface area (Å²) < 4.78 is 0. The van der Waals surface area contributed by atoms with Crippen molar-refractivity contribution >= 4 is 6.03 Å². The summed E-state index contributed by atoms with van der Waals surface area (Å²) in [5.41, 5.74) is 1.10. The van der Waals surface area contributed by atoms with Crippen LogP contribution in [0.3, 0.4) is 0 Å². The molecule has 1 aromatic rings. The number of urea groups is 1. The first-order valence-electron chi connectivity index (χ1n) is 9.74. The molecular weight excluding hydrogens is 314 g/mol. The van der Waals surface area contributed by atoms with Gasteiger partial charge in [0, 0.05) is 44.0 Å². The smallest absolute Gasteiger partial charge is 0.317 e. The van der Waals surface area contributed by atoms with Crippen LogP contribution < -0.4 is 5.32 Å². The van der Waals surface area contributed by atoms with E-state index < -0.39 is 0 Å². The Kier molecular flexibility index (Phi) is 4.88. The van der Waals surface area contributed by atoms with Crippen molar-refractivity contribution in [3.63, 3.8) is 0 Å². The summed E-state index contributed by atoms with van der Waals surface area (Å²) in [6.45, 7) is 3.77. The van der Waals surface area contributed by atoms with Crippen LogP contribution >= 0.6 is 0 Å². The number of fused-ring (bicyclic) bond motifs is 1. The number of nitrogens with one attached hydrogen (secondary N) is 1. The summed E-state index contributed by atoms with van der Waals surface area (Å²) in [5.74, 6) is 2.21. The quantitative estimate of drug-likeness (QED) is 0.909. The van der Waals surface area contributed by atoms with Gasteiger partial charge in [0.25, 0.3) is 0 Å². The number of carbonyl (C=O) groups is 1. The molecule has 1 N–H and O–H groups in total. The Morgan fingerprint density at radius 3 is 2.76 bits per heavy atom. The number of aromatic nitrogens is 2. The minimum absolute atomic E-state index is 0.106. The summed E-state index contributed by atoms with van der Waals surface area (Å²) in [4.78, 5) is 26.0. The first-order chi connectivity index (χ1) is 12.2. The lowest BCUT2D eigenvalue weighted by Gasteiger charge is -2.46. The summed E-state index contributed by atoms with van der Waals surface area (Å²) in [6.07, 6.45) is 10.6. The minimum atomic E-state index is 0.106. The molecule has 1 aliphatic carbocycles. The molecule has 0 spiro atoms. The Morgan fingerprint density at radius 1 is 1.20 bits per heavy atom. The predicted octanol–water partition coefficient (Wildman–Crippen LogP) is 2.02. The number of hydrogen-bond acceptors (Lipinski definition) is 4. The van der Waals surface area contributed by atoms with Gasteiger partial charge >= 0.3 is 6.03 Å². The number of nitrogens with zero attached hydrogens (tertiary/aromatic N) is 4. The standard InChI is InChI=1S/C19H29N5O/c1-23-10-7-17-16(13-23)3-2-9-24(17)19(25)20-8-6-14-11-21-18(22-12-14)15-4-5-15/h11-12,15-17H,2-10,13H2,1H3,(H,20,25). The van der Waals surface area contributed by atoms with Crippen LogP contribution in [0.1, 0.15) is 49.4 Å². The minimum Gasteiger partial charge on any atom is -0.338 e. The second-order valence-electron chi connectivity index (χ2n) is 7.92. The van der Waals surface area contributed by atoms with Gasteiger partial charge in [-0.15, -0.1) is 0 Å². The lowest BCUT2D eigenvalue weighted by molar-refractivity contribution is 0.0534. The van der Waals surface area contributed by atoms with E-state index in [1.165, 1.54) is 19.3 Å². The van der Waals surface area contributed by atoms with E-state index in [4.69, 9.17) is 0 Å². The fourth-order valence-corrected chi connectivity index (χ4v) is 4.30. The largest absolute Gasteiger partial charge is 0.338 e. The molecule has 136 valence electrons. The van der Waals surface area contributed by atoms with Crippen molar-refractivity contribution in [1.82, 2.24) is 25.1 Å². The molecule has 2 saturated heterocycles. The van der Waals surface area contributed by atoms with E-state index >= 15 is 0 Å². The van der Waals surface area contributed by atoms with Gasteiger partial charge in [-0.2, -0.15) is 0 Å². The highest BCUT2D eigenvalue weighted by Gasteiger charge is 2.37. The average molecular weight is 343 g/mol. The molecule has 1 aromatic heterocycles. The highest BCUT2D eigenvalue weighted by molar-refractivity contribution is 5.74. The Labute approximate surface area is 150 Å². The first kappa shape index (κ1) is 16.8. The highest BCUT2D eigenvalue weighted by Crippen LogP contribution is 2.37. The number of piperidine rings is 2. The second kappa shape index (κ2) is 7.28. The molecule has 3 aliphatic rings. The van der Waals surface area contributed by atoms with Gasteiger partial charge in [0.05, 0.1) is 0 Å². The molecule has 0 aromatic carbocycles. The van der Waals surface area contributed by atoms with E-state index in [1.807, 2.05) is 12.4 Å². The van der Waals surface area contributed by atoms with Crippen molar-refractivity contribution in [2.24, 2.45) is 5.92 Å². The third-order valence-electron chi connectivity index (χ3n) is 5.89. The Morgan fingerprint density at radius 2 is 2.00 bits per heavy atom. The van der Waals surface area contributed by atoms with Gasteiger partial charge in [0.2, 0.25) is 0 Å². The molecule has 4 rings (SSSR count). The van der Waals surface area contributed by atoms with Crippen LogP contribution in [0.15, 0.2) is 12.4 Å².